The van der Waals surface area contributed by atoms with Crippen LogP contribution in [0.15, 0.2) is 52.0 Å². The lowest BCUT2D eigenvalue weighted by atomic mass is 10.2. The number of carbonyl (C=O) groups is 1. The molecule has 0 heterocycles. The number of ether oxygens (including phenoxy) is 1. The van der Waals surface area contributed by atoms with Gasteiger partial charge in [-0.15, -0.1) is 0 Å². The number of amides is 1. The van der Waals surface area contributed by atoms with E-state index in [0.717, 1.165) is 5.69 Å². The van der Waals surface area contributed by atoms with Gasteiger partial charge in [0.15, 0.2) is 0 Å². The minimum absolute atomic E-state index is 0.0465. The molecule has 0 saturated heterocycles. The molecule has 0 aliphatic carbocycles. The van der Waals surface area contributed by atoms with Crippen LogP contribution in [0.4, 0.5) is 10.1 Å². The normalized spacial score (nSPS) is 10.6. The molecule has 0 aromatic heterocycles. The summed E-state index contributed by atoms with van der Waals surface area (Å²) in [5, 5.41) is 6.79. The predicted octanol–water partition coefficient (Wildman–Crippen LogP) is 3.16. The van der Waals surface area contributed by atoms with Crippen LogP contribution in [0.2, 0.25) is 0 Å². The zero-order valence-electron chi connectivity index (χ0n) is 12.3. The van der Waals surface area contributed by atoms with E-state index in [1.54, 1.807) is 25.3 Å². The average molecular weight is 380 g/mol. The van der Waals surface area contributed by atoms with Gasteiger partial charge in [0.25, 0.3) is 5.91 Å². The third-order valence-corrected chi connectivity index (χ3v) is 3.50. The summed E-state index contributed by atoms with van der Waals surface area (Å²) in [5.41, 5.74) is 3.77. The number of hydrogen-bond acceptors (Lipinski definition) is 4. The third kappa shape index (κ3) is 5.07. The van der Waals surface area contributed by atoms with Crippen molar-refractivity contribution in [2.24, 2.45) is 5.10 Å². The summed E-state index contributed by atoms with van der Waals surface area (Å²) >= 11 is 3.09. The van der Waals surface area contributed by atoms with Crippen molar-refractivity contribution in [1.29, 1.82) is 0 Å². The highest BCUT2D eigenvalue weighted by molar-refractivity contribution is 9.10. The quantitative estimate of drug-likeness (QED) is 0.598. The van der Waals surface area contributed by atoms with Gasteiger partial charge in [-0.3, -0.25) is 4.79 Å². The molecular formula is C16H15BrFN3O2. The molecule has 5 nitrogen and oxygen atoms in total. The van der Waals surface area contributed by atoms with E-state index < -0.39 is 0 Å². The molecule has 2 rings (SSSR count). The Morgan fingerprint density at radius 3 is 2.87 bits per heavy atom. The van der Waals surface area contributed by atoms with Crippen molar-refractivity contribution < 1.29 is 13.9 Å². The maximum absolute atomic E-state index is 13.1. The molecule has 0 radical (unpaired) electrons. The van der Waals surface area contributed by atoms with E-state index in [2.05, 4.69) is 31.8 Å². The molecule has 0 unspecified atom stereocenters. The van der Waals surface area contributed by atoms with Gasteiger partial charge in [0.05, 0.1) is 30.0 Å². The first-order valence-electron chi connectivity index (χ1n) is 6.74. The molecule has 0 atom stereocenters. The van der Waals surface area contributed by atoms with E-state index in [1.165, 1.54) is 12.3 Å². The molecule has 2 N–H and O–H groups in total. The number of hydrogen-bond donors (Lipinski definition) is 2. The highest BCUT2D eigenvalue weighted by Crippen LogP contribution is 2.22. The van der Waals surface area contributed by atoms with Crippen molar-refractivity contribution in [1.82, 2.24) is 5.43 Å². The zero-order chi connectivity index (χ0) is 16.7. The second-order valence-electron chi connectivity index (χ2n) is 4.52. The highest BCUT2D eigenvalue weighted by atomic mass is 79.9. The monoisotopic (exact) mass is 379 g/mol. The van der Waals surface area contributed by atoms with E-state index in [0.29, 0.717) is 15.8 Å². The Hall–Kier alpha value is -2.41. The molecule has 0 saturated carbocycles. The minimum atomic E-state index is -0.354. The topological polar surface area (TPSA) is 62.7 Å². The Bertz CT molecular complexity index is 722. The van der Waals surface area contributed by atoms with E-state index in [4.69, 9.17) is 4.74 Å². The van der Waals surface area contributed by atoms with Crippen LogP contribution in [0.3, 0.4) is 0 Å². The van der Waals surface area contributed by atoms with Gasteiger partial charge in [-0.05, 0) is 45.8 Å². The molecule has 2 aromatic carbocycles. The molecule has 23 heavy (non-hydrogen) atoms. The molecule has 0 spiro atoms. The van der Waals surface area contributed by atoms with Crippen LogP contribution in [0.5, 0.6) is 5.75 Å². The van der Waals surface area contributed by atoms with Crippen molar-refractivity contribution in [3.05, 3.63) is 58.3 Å². The van der Waals surface area contributed by atoms with Crippen LogP contribution in [0.1, 0.15) is 5.56 Å². The Labute approximate surface area is 141 Å². The first-order valence-corrected chi connectivity index (χ1v) is 7.53. The summed E-state index contributed by atoms with van der Waals surface area (Å²) in [7, 11) is 1.56. The van der Waals surface area contributed by atoms with Gasteiger partial charge in [-0.1, -0.05) is 18.2 Å². The van der Waals surface area contributed by atoms with E-state index in [-0.39, 0.29) is 18.3 Å². The number of nitrogens with zero attached hydrogens (tertiary/aromatic N) is 1. The lowest BCUT2D eigenvalue weighted by Gasteiger charge is -2.09. The molecule has 0 aliphatic rings. The lowest BCUT2D eigenvalue weighted by molar-refractivity contribution is -0.119. The molecule has 7 heteroatoms. The lowest BCUT2D eigenvalue weighted by Crippen LogP contribution is -2.26. The fourth-order valence-electron chi connectivity index (χ4n) is 1.78. The van der Waals surface area contributed by atoms with Crippen molar-refractivity contribution in [3.63, 3.8) is 0 Å². The molecular weight excluding hydrogens is 365 g/mol. The molecule has 2 aromatic rings. The van der Waals surface area contributed by atoms with Crippen LogP contribution in [-0.4, -0.2) is 25.8 Å². The predicted molar refractivity (Wildman–Crippen MR) is 91.3 cm³/mol. The van der Waals surface area contributed by atoms with Gasteiger partial charge < -0.3 is 10.1 Å². The summed E-state index contributed by atoms with van der Waals surface area (Å²) in [6, 6.07) is 11.7. The number of halogens is 2. The van der Waals surface area contributed by atoms with Crippen LogP contribution >= 0.6 is 15.9 Å². The van der Waals surface area contributed by atoms with Gasteiger partial charge in [0.2, 0.25) is 0 Å². The zero-order valence-corrected chi connectivity index (χ0v) is 13.9. The first-order chi connectivity index (χ1) is 11.1. The molecule has 0 bridgehead atoms. The van der Waals surface area contributed by atoms with Gasteiger partial charge in [-0.2, -0.15) is 5.10 Å². The maximum atomic E-state index is 13.1. The molecule has 0 aliphatic heterocycles. The number of hydrazone groups is 1. The number of benzene rings is 2. The number of rotatable bonds is 6. The summed E-state index contributed by atoms with van der Waals surface area (Å²) < 4.78 is 18.6. The van der Waals surface area contributed by atoms with Gasteiger partial charge in [0, 0.05) is 0 Å². The average Bonchev–Trinajstić information content (AvgIpc) is 2.56. The Kier molecular flexibility index (Phi) is 6.10. The Morgan fingerprint density at radius 2 is 2.13 bits per heavy atom. The number of nitrogens with one attached hydrogen (secondary N) is 2. The number of methoxy groups -OCH3 is 1. The highest BCUT2D eigenvalue weighted by Gasteiger charge is 2.04. The van der Waals surface area contributed by atoms with Gasteiger partial charge >= 0.3 is 0 Å². The Morgan fingerprint density at radius 1 is 1.35 bits per heavy atom. The minimum Gasteiger partial charge on any atom is -0.495 e. The van der Waals surface area contributed by atoms with E-state index in [1.807, 2.05) is 18.2 Å². The van der Waals surface area contributed by atoms with Crippen LogP contribution < -0.4 is 15.5 Å². The van der Waals surface area contributed by atoms with Crippen molar-refractivity contribution in [2.75, 3.05) is 19.0 Å². The Balaban J connectivity index is 1.85. The van der Waals surface area contributed by atoms with E-state index in [9.17, 15) is 9.18 Å². The first kappa shape index (κ1) is 17.0. The molecule has 120 valence electrons. The summed E-state index contributed by atoms with van der Waals surface area (Å²) in [6.07, 6.45) is 1.44. The maximum Gasteiger partial charge on any atom is 0.259 e. The standard InChI is InChI=1S/C16H15BrFN3O2/c1-23-15-5-3-2-4-14(15)19-10-16(22)21-20-9-11-6-7-13(18)12(17)8-11/h2-9,19H,10H2,1H3,(H,21,22)/b20-9-. The molecule has 0 fully saturated rings. The third-order valence-electron chi connectivity index (χ3n) is 2.89. The SMILES string of the molecule is COc1ccccc1NCC(=O)N/N=C\c1ccc(F)c(Br)c1. The fraction of sp³-hybridized carbons (Fsp3) is 0.125. The number of anilines is 1. The molecule has 1 amide bonds. The van der Waals surface area contributed by atoms with Gasteiger partial charge in [0.1, 0.15) is 11.6 Å². The number of para-hydroxylation sites is 2. The van der Waals surface area contributed by atoms with Crippen molar-refractivity contribution in [2.45, 2.75) is 0 Å². The summed E-state index contributed by atoms with van der Waals surface area (Å²) in [6.45, 7) is 0.0465. The second kappa shape index (κ2) is 8.28. The summed E-state index contributed by atoms with van der Waals surface area (Å²) in [4.78, 5) is 11.7. The van der Waals surface area contributed by atoms with Crippen LogP contribution in [0.25, 0.3) is 0 Å². The van der Waals surface area contributed by atoms with Crippen LogP contribution in [0, 0.1) is 5.82 Å². The summed E-state index contributed by atoms with van der Waals surface area (Å²) in [5.74, 6) is -0.0134. The smallest absolute Gasteiger partial charge is 0.259 e. The van der Waals surface area contributed by atoms with Gasteiger partial charge in [-0.25, -0.2) is 9.82 Å². The van der Waals surface area contributed by atoms with Crippen molar-refractivity contribution >= 4 is 33.7 Å². The van der Waals surface area contributed by atoms with Crippen LogP contribution in [-0.2, 0) is 4.79 Å². The van der Waals surface area contributed by atoms with Crippen molar-refractivity contribution in [3.8, 4) is 5.75 Å². The van der Waals surface area contributed by atoms with E-state index >= 15 is 0 Å². The largest absolute Gasteiger partial charge is 0.495 e. The second-order valence-corrected chi connectivity index (χ2v) is 5.37. The fourth-order valence-corrected chi connectivity index (χ4v) is 2.17. The number of carbonyl (C=O) groups excluding carboxylic acids is 1.